The zero-order valence-electron chi connectivity index (χ0n) is 15.5. The molecule has 0 fully saturated rings. The van der Waals surface area contributed by atoms with Crippen LogP contribution in [0.1, 0.15) is 36.5 Å². The van der Waals surface area contributed by atoms with Crippen LogP contribution in [-0.4, -0.2) is 6.61 Å². The molecule has 29 heavy (non-hydrogen) atoms. The molecule has 1 nitrogen and oxygen atoms in total. The van der Waals surface area contributed by atoms with Crippen LogP contribution in [0.3, 0.4) is 0 Å². The van der Waals surface area contributed by atoms with Crippen LogP contribution < -0.4 is 4.74 Å². The predicted molar refractivity (Wildman–Crippen MR) is 101 cm³/mol. The Morgan fingerprint density at radius 3 is 2.31 bits per heavy atom. The van der Waals surface area contributed by atoms with Crippen molar-refractivity contribution in [3.63, 3.8) is 0 Å². The topological polar surface area (TPSA) is 9.23 Å². The lowest BCUT2D eigenvalue weighted by molar-refractivity contribution is -0.0546. The van der Waals surface area contributed by atoms with E-state index in [2.05, 4.69) is 23.5 Å². The first kappa shape index (κ1) is 20.7. The van der Waals surface area contributed by atoms with Gasteiger partial charge >= 0.3 is 6.61 Å². The number of unbranched alkanes of at least 4 members (excludes halogenated alkanes) is 1. The third-order valence-corrected chi connectivity index (χ3v) is 4.38. The fraction of sp³-hybridized carbons (Fsp3) is 0.217. The van der Waals surface area contributed by atoms with E-state index in [-0.39, 0.29) is 11.1 Å². The normalized spacial score (nSPS) is 10.9. The largest absolute Gasteiger partial charge is 0.429 e. The molecule has 0 spiro atoms. The summed E-state index contributed by atoms with van der Waals surface area (Å²) in [6, 6.07) is 10.2. The first-order valence-electron chi connectivity index (χ1n) is 9.06. The van der Waals surface area contributed by atoms with E-state index in [1.807, 2.05) is 12.1 Å². The van der Waals surface area contributed by atoms with Crippen LogP contribution in [0.15, 0.2) is 42.5 Å². The Kier molecular flexibility index (Phi) is 6.38. The average Bonchev–Trinajstić information content (AvgIpc) is 2.68. The molecule has 0 saturated carbocycles. The molecule has 0 aliphatic heterocycles. The van der Waals surface area contributed by atoms with Crippen LogP contribution >= 0.6 is 0 Å². The van der Waals surface area contributed by atoms with E-state index in [9.17, 15) is 22.0 Å². The molecular formula is C23H17F5O. The van der Waals surface area contributed by atoms with E-state index in [0.29, 0.717) is 5.39 Å². The highest BCUT2D eigenvalue weighted by Gasteiger charge is 2.16. The van der Waals surface area contributed by atoms with E-state index in [0.717, 1.165) is 42.3 Å². The number of benzene rings is 3. The lowest BCUT2D eigenvalue weighted by atomic mass is 10.0. The van der Waals surface area contributed by atoms with Gasteiger partial charge in [0.2, 0.25) is 0 Å². The van der Waals surface area contributed by atoms with Gasteiger partial charge in [-0.05, 0) is 42.0 Å². The zero-order chi connectivity index (χ0) is 21.0. The molecular weight excluding hydrogens is 387 g/mol. The van der Waals surface area contributed by atoms with Crippen LogP contribution in [0.5, 0.6) is 5.75 Å². The average molecular weight is 404 g/mol. The zero-order valence-corrected chi connectivity index (χ0v) is 15.5. The number of hydrogen-bond donors (Lipinski definition) is 0. The van der Waals surface area contributed by atoms with Crippen molar-refractivity contribution < 1.29 is 26.7 Å². The summed E-state index contributed by atoms with van der Waals surface area (Å²) in [6.45, 7) is -1.26. The Bertz CT molecular complexity index is 1070. The van der Waals surface area contributed by atoms with Gasteiger partial charge in [0.25, 0.3) is 0 Å². The maximum atomic E-state index is 14.8. The van der Waals surface area contributed by atoms with Crippen molar-refractivity contribution in [2.24, 2.45) is 0 Å². The Morgan fingerprint density at radius 1 is 0.931 bits per heavy atom. The Balaban J connectivity index is 1.91. The molecule has 3 aromatic rings. The van der Waals surface area contributed by atoms with Crippen molar-refractivity contribution in [2.45, 2.75) is 32.8 Å². The molecule has 150 valence electrons. The lowest BCUT2D eigenvalue weighted by Gasteiger charge is -2.07. The van der Waals surface area contributed by atoms with E-state index in [1.54, 1.807) is 12.1 Å². The number of fused-ring (bicyclic) bond motifs is 1. The van der Waals surface area contributed by atoms with Gasteiger partial charge < -0.3 is 4.74 Å². The molecule has 0 N–H and O–H groups in total. The van der Waals surface area contributed by atoms with Crippen LogP contribution in [-0.2, 0) is 6.42 Å². The predicted octanol–water partition coefficient (Wildman–Crippen LogP) is 6.60. The molecule has 6 heteroatoms. The van der Waals surface area contributed by atoms with Gasteiger partial charge in [-0.2, -0.15) is 8.78 Å². The van der Waals surface area contributed by atoms with Crippen LogP contribution in [0.25, 0.3) is 10.8 Å². The Hall–Kier alpha value is -3.07. The van der Waals surface area contributed by atoms with Crippen LogP contribution in [0.2, 0.25) is 0 Å². The number of hydrogen-bond acceptors (Lipinski definition) is 1. The molecule has 0 aromatic heterocycles. The Labute approximate surface area is 165 Å². The fourth-order valence-electron chi connectivity index (χ4n) is 2.95. The molecule has 0 aliphatic carbocycles. The molecule has 0 saturated heterocycles. The van der Waals surface area contributed by atoms with Crippen molar-refractivity contribution in [3.8, 4) is 17.6 Å². The summed E-state index contributed by atoms with van der Waals surface area (Å²) in [5.74, 6) is 0.658. The molecule has 0 heterocycles. The minimum absolute atomic E-state index is 0.0625. The SMILES string of the molecule is CCCCc1ccc2c(F)c(C#Cc3cc(F)c(OC(F)F)c(F)c3)ccc2c1. The quantitative estimate of drug-likeness (QED) is 0.344. The van der Waals surface area contributed by atoms with E-state index >= 15 is 0 Å². The van der Waals surface area contributed by atoms with Gasteiger partial charge in [-0.15, -0.1) is 0 Å². The standard InChI is InChI=1S/C23H17F5O/c1-2-3-4-14-6-10-18-17(11-14)9-8-16(21(18)26)7-5-15-12-19(24)22(20(25)13-15)29-23(27)28/h6,8-13,23H,2-4H2,1H3. The second-order valence-corrected chi connectivity index (χ2v) is 6.48. The fourth-order valence-corrected chi connectivity index (χ4v) is 2.95. The van der Waals surface area contributed by atoms with Gasteiger partial charge in [0.1, 0.15) is 5.82 Å². The van der Waals surface area contributed by atoms with Gasteiger partial charge in [0.05, 0.1) is 5.56 Å². The van der Waals surface area contributed by atoms with Gasteiger partial charge in [-0.25, -0.2) is 13.2 Å². The number of ether oxygens (including phenoxy) is 1. The summed E-state index contributed by atoms with van der Waals surface area (Å²) in [6.07, 6.45) is 3.03. The summed E-state index contributed by atoms with van der Waals surface area (Å²) in [4.78, 5) is 0. The highest BCUT2D eigenvalue weighted by Crippen LogP contribution is 2.26. The lowest BCUT2D eigenvalue weighted by Crippen LogP contribution is -2.06. The van der Waals surface area contributed by atoms with Gasteiger partial charge in [-0.1, -0.05) is 49.5 Å². The van der Waals surface area contributed by atoms with Gasteiger partial charge in [-0.3, -0.25) is 0 Å². The van der Waals surface area contributed by atoms with E-state index in [1.165, 1.54) is 6.07 Å². The monoisotopic (exact) mass is 404 g/mol. The third-order valence-electron chi connectivity index (χ3n) is 4.38. The minimum atomic E-state index is -3.36. The molecule has 0 bridgehead atoms. The number of aryl methyl sites for hydroxylation is 1. The van der Waals surface area contributed by atoms with Crippen LogP contribution in [0.4, 0.5) is 22.0 Å². The summed E-state index contributed by atoms with van der Waals surface area (Å²) < 4.78 is 70.5. The summed E-state index contributed by atoms with van der Waals surface area (Å²) in [5.41, 5.74) is 1.05. The molecule has 0 radical (unpaired) electrons. The van der Waals surface area contributed by atoms with Crippen LogP contribution in [0, 0.1) is 29.3 Å². The molecule has 0 unspecified atom stereocenters. The first-order chi connectivity index (χ1) is 13.9. The van der Waals surface area contributed by atoms with Crippen molar-refractivity contribution in [2.75, 3.05) is 0 Å². The Morgan fingerprint density at radius 2 is 1.66 bits per heavy atom. The number of halogens is 5. The van der Waals surface area contributed by atoms with E-state index < -0.39 is 29.8 Å². The number of alkyl halides is 2. The van der Waals surface area contributed by atoms with Crippen molar-refractivity contribution in [3.05, 3.63) is 76.6 Å². The van der Waals surface area contributed by atoms with E-state index in [4.69, 9.17) is 0 Å². The highest BCUT2D eigenvalue weighted by atomic mass is 19.3. The molecule has 3 aromatic carbocycles. The molecule has 0 atom stereocenters. The van der Waals surface area contributed by atoms with Gasteiger partial charge in [0.15, 0.2) is 17.4 Å². The first-order valence-corrected chi connectivity index (χ1v) is 9.06. The van der Waals surface area contributed by atoms with Crippen molar-refractivity contribution in [1.82, 2.24) is 0 Å². The second kappa shape index (κ2) is 8.95. The van der Waals surface area contributed by atoms with Gasteiger partial charge in [0, 0.05) is 10.9 Å². The molecule has 3 rings (SSSR count). The third kappa shape index (κ3) is 4.86. The number of rotatable bonds is 5. The minimum Gasteiger partial charge on any atom is -0.429 e. The summed E-state index contributed by atoms with van der Waals surface area (Å²) >= 11 is 0. The summed E-state index contributed by atoms with van der Waals surface area (Å²) in [5, 5.41) is 1.14. The molecule has 0 aliphatic rings. The van der Waals surface area contributed by atoms with Crippen molar-refractivity contribution in [1.29, 1.82) is 0 Å². The maximum absolute atomic E-state index is 14.8. The maximum Gasteiger partial charge on any atom is 0.387 e. The smallest absolute Gasteiger partial charge is 0.387 e. The summed E-state index contributed by atoms with van der Waals surface area (Å²) in [7, 11) is 0. The highest BCUT2D eigenvalue weighted by molar-refractivity contribution is 5.85. The second-order valence-electron chi connectivity index (χ2n) is 6.48. The van der Waals surface area contributed by atoms with Crippen molar-refractivity contribution >= 4 is 10.8 Å². The molecule has 0 amide bonds.